The summed E-state index contributed by atoms with van der Waals surface area (Å²) in [6.45, 7) is 2.96. The molecular formula is C18H24O4. The second kappa shape index (κ2) is 5.98. The fourth-order valence-corrected chi connectivity index (χ4v) is 3.86. The van der Waals surface area contributed by atoms with Gasteiger partial charge in [0.1, 0.15) is 0 Å². The van der Waals surface area contributed by atoms with Crippen LogP contribution in [0, 0.1) is 0 Å². The van der Waals surface area contributed by atoms with Crippen LogP contribution in [-0.2, 0) is 18.9 Å². The number of rotatable bonds is 0. The van der Waals surface area contributed by atoms with Crippen LogP contribution in [0.4, 0.5) is 0 Å². The van der Waals surface area contributed by atoms with Gasteiger partial charge < -0.3 is 18.9 Å². The average molecular weight is 304 g/mol. The smallest absolute Gasteiger partial charge is 0.169 e. The zero-order valence-corrected chi connectivity index (χ0v) is 13.1. The Bertz CT molecular complexity index is 453. The lowest BCUT2D eigenvalue weighted by molar-refractivity contribution is -0.171. The molecule has 2 aliphatic carbocycles. The zero-order chi connectivity index (χ0) is 14.9. The van der Waals surface area contributed by atoms with Crippen molar-refractivity contribution in [2.75, 3.05) is 26.4 Å². The van der Waals surface area contributed by atoms with Crippen LogP contribution in [0.15, 0.2) is 22.6 Å². The molecule has 2 aliphatic heterocycles. The van der Waals surface area contributed by atoms with Crippen LogP contribution in [0.3, 0.4) is 0 Å². The standard InChI is InChI=1S/C18H24O4/c1(15-3-7-17(8-4-15)19-11-12-20-17)2-16-5-9-18(10-6-16)21-13-14-22-18/h3-14H2. The monoisotopic (exact) mass is 304 g/mol. The second-order valence-corrected chi connectivity index (χ2v) is 6.67. The van der Waals surface area contributed by atoms with E-state index in [4.69, 9.17) is 18.9 Å². The van der Waals surface area contributed by atoms with Crippen molar-refractivity contribution in [2.24, 2.45) is 0 Å². The van der Waals surface area contributed by atoms with Gasteiger partial charge in [-0.15, -0.1) is 0 Å². The molecule has 4 rings (SSSR count). The molecule has 22 heavy (non-hydrogen) atoms. The Morgan fingerprint density at radius 3 is 1.18 bits per heavy atom. The van der Waals surface area contributed by atoms with Gasteiger partial charge in [-0.3, -0.25) is 0 Å². The molecule has 4 nitrogen and oxygen atoms in total. The summed E-state index contributed by atoms with van der Waals surface area (Å²) in [7, 11) is 0. The van der Waals surface area contributed by atoms with E-state index in [9.17, 15) is 0 Å². The molecule has 2 spiro atoms. The second-order valence-electron chi connectivity index (χ2n) is 6.67. The van der Waals surface area contributed by atoms with Crippen LogP contribution in [0.1, 0.15) is 51.4 Å². The quantitative estimate of drug-likeness (QED) is 0.644. The molecule has 0 aromatic rings. The van der Waals surface area contributed by atoms with Crippen LogP contribution < -0.4 is 0 Å². The highest BCUT2D eigenvalue weighted by molar-refractivity contribution is 5.12. The summed E-state index contributed by atoms with van der Waals surface area (Å²) in [6.07, 6.45) is 7.86. The van der Waals surface area contributed by atoms with E-state index in [1.807, 2.05) is 0 Å². The average Bonchev–Trinajstić information content (AvgIpc) is 3.19. The summed E-state index contributed by atoms with van der Waals surface area (Å²) in [4.78, 5) is 0. The molecule has 4 heteroatoms. The molecule has 0 atom stereocenters. The lowest BCUT2D eigenvalue weighted by Crippen LogP contribution is -2.33. The highest BCUT2D eigenvalue weighted by Crippen LogP contribution is 2.39. The van der Waals surface area contributed by atoms with Gasteiger partial charge in [0, 0.05) is 25.7 Å². The van der Waals surface area contributed by atoms with Crippen molar-refractivity contribution >= 4 is 0 Å². The van der Waals surface area contributed by atoms with Gasteiger partial charge in [-0.25, -0.2) is 0 Å². The first-order chi connectivity index (χ1) is 10.8. The first-order valence-corrected chi connectivity index (χ1v) is 8.55. The fourth-order valence-electron chi connectivity index (χ4n) is 3.86. The maximum Gasteiger partial charge on any atom is 0.169 e. The molecule has 0 radical (unpaired) electrons. The summed E-state index contributed by atoms with van der Waals surface area (Å²) in [5, 5.41) is 0. The predicted molar refractivity (Wildman–Crippen MR) is 80.3 cm³/mol. The largest absolute Gasteiger partial charge is 0.348 e. The van der Waals surface area contributed by atoms with Crippen molar-refractivity contribution in [1.82, 2.24) is 0 Å². The van der Waals surface area contributed by atoms with Crippen LogP contribution in [0.25, 0.3) is 0 Å². The Morgan fingerprint density at radius 2 is 0.864 bits per heavy atom. The fraction of sp³-hybridized carbons (Fsp3) is 0.778. The topological polar surface area (TPSA) is 36.9 Å². The third kappa shape index (κ3) is 2.96. The molecule has 0 amide bonds. The van der Waals surface area contributed by atoms with Gasteiger partial charge in [0.2, 0.25) is 0 Å². The maximum absolute atomic E-state index is 5.76. The maximum atomic E-state index is 5.76. The van der Waals surface area contributed by atoms with E-state index >= 15 is 0 Å². The molecule has 0 unspecified atom stereocenters. The predicted octanol–water partition coefficient (Wildman–Crippen LogP) is 3.23. The molecule has 0 aromatic carbocycles. The Kier molecular flexibility index (Phi) is 4.00. The summed E-state index contributed by atoms with van der Waals surface area (Å²) < 4.78 is 23.0. The lowest BCUT2D eigenvalue weighted by atomic mass is 9.89. The molecule has 2 saturated carbocycles. The first kappa shape index (κ1) is 14.7. The third-order valence-electron chi connectivity index (χ3n) is 5.27. The highest BCUT2D eigenvalue weighted by atomic mass is 16.7. The summed E-state index contributed by atoms with van der Waals surface area (Å²) >= 11 is 0. The first-order valence-electron chi connectivity index (χ1n) is 8.55. The minimum absolute atomic E-state index is 0.285. The Morgan fingerprint density at radius 1 is 0.545 bits per heavy atom. The molecule has 4 fully saturated rings. The van der Waals surface area contributed by atoms with Crippen LogP contribution in [0.5, 0.6) is 0 Å². The van der Waals surface area contributed by atoms with E-state index in [0.717, 1.165) is 77.8 Å². The van der Waals surface area contributed by atoms with Gasteiger partial charge >= 0.3 is 0 Å². The number of ether oxygens (including phenoxy) is 4. The van der Waals surface area contributed by atoms with Crippen molar-refractivity contribution < 1.29 is 18.9 Å². The van der Waals surface area contributed by atoms with Crippen LogP contribution in [-0.4, -0.2) is 38.0 Å². The minimum atomic E-state index is -0.285. The Hall–Kier alpha value is -0.860. The number of hydrogen-bond acceptors (Lipinski definition) is 4. The minimum Gasteiger partial charge on any atom is -0.348 e. The molecule has 2 saturated heterocycles. The zero-order valence-electron chi connectivity index (χ0n) is 13.1. The van der Waals surface area contributed by atoms with E-state index in [1.54, 1.807) is 0 Å². The van der Waals surface area contributed by atoms with Crippen molar-refractivity contribution in [3.05, 3.63) is 22.6 Å². The molecular weight excluding hydrogens is 280 g/mol. The van der Waals surface area contributed by atoms with Gasteiger partial charge in [0.15, 0.2) is 11.6 Å². The van der Waals surface area contributed by atoms with Gasteiger partial charge in [0.25, 0.3) is 0 Å². The van der Waals surface area contributed by atoms with Crippen LogP contribution in [0.2, 0.25) is 0 Å². The normalized spacial score (nSPS) is 29.8. The number of allylic oxidation sites excluding steroid dienone is 2. The molecule has 0 aromatic heterocycles. The van der Waals surface area contributed by atoms with Gasteiger partial charge in [-0.2, -0.15) is 0 Å². The van der Waals surface area contributed by atoms with E-state index in [2.05, 4.69) is 11.5 Å². The van der Waals surface area contributed by atoms with E-state index in [-0.39, 0.29) is 11.6 Å². The molecule has 0 bridgehead atoms. The van der Waals surface area contributed by atoms with E-state index in [1.165, 1.54) is 11.1 Å². The van der Waals surface area contributed by atoms with Crippen LogP contribution >= 0.6 is 0 Å². The van der Waals surface area contributed by atoms with Crippen molar-refractivity contribution in [1.29, 1.82) is 0 Å². The molecule has 120 valence electrons. The van der Waals surface area contributed by atoms with Crippen molar-refractivity contribution in [2.45, 2.75) is 62.9 Å². The van der Waals surface area contributed by atoms with Crippen molar-refractivity contribution in [3.8, 4) is 0 Å². The van der Waals surface area contributed by atoms with E-state index < -0.39 is 0 Å². The lowest BCUT2D eigenvalue weighted by Gasteiger charge is -2.32. The highest BCUT2D eigenvalue weighted by Gasteiger charge is 2.39. The summed E-state index contributed by atoms with van der Waals surface area (Å²) in [5.41, 5.74) is 9.53. The van der Waals surface area contributed by atoms with E-state index in [0.29, 0.717) is 0 Å². The van der Waals surface area contributed by atoms with Gasteiger partial charge in [-0.05, 0) is 36.8 Å². The molecule has 0 N–H and O–H groups in total. The van der Waals surface area contributed by atoms with Gasteiger partial charge in [0.05, 0.1) is 26.4 Å². The third-order valence-corrected chi connectivity index (χ3v) is 5.27. The Balaban J connectivity index is 1.39. The molecule has 4 aliphatic rings. The SMILES string of the molecule is C(=C=C1CCC2(CC1)OCCO2)=C1CCC2(CC1)OCCO2. The van der Waals surface area contributed by atoms with Crippen molar-refractivity contribution in [3.63, 3.8) is 0 Å². The van der Waals surface area contributed by atoms with Gasteiger partial charge in [-0.1, -0.05) is 11.5 Å². The summed E-state index contributed by atoms with van der Waals surface area (Å²) in [6, 6.07) is 0. The number of hydrogen-bond donors (Lipinski definition) is 0. The molecule has 2 heterocycles. The summed E-state index contributed by atoms with van der Waals surface area (Å²) in [5.74, 6) is -0.570. The Labute approximate surface area is 131 Å².